The van der Waals surface area contributed by atoms with Gasteiger partial charge >= 0.3 is 0 Å². The molecule has 54 valence electrons. The van der Waals surface area contributed by atoms with Gasteiger partial charge in [-0.15, -0.1) is 0 Å². The minimum atomic E-state index is 0.571. The summed E-state index contributed by atoms with van der Waals surface area (Å²) in [4.78, 5) is 0. The zero-order chi connectivity index (χ0) is 7.12. The van der Waals surface area contributed by atoms with Crippen LogP contribution in [-0.2, 0) is 0 Å². The lowest BCUT2D eigenvalue weighted by Crippen LogP contribution is -2.10. The van der Waals surface area contributed by atoms with Crippen LogP contribution in [0.4, 0.5) is 0 Å². The summed E-state index contributed by atoms with van der Waals surface area (Å²) in [5.41, 5.74) is 6.62. The van der Waals surface area contributed by atoms with Crippen LogP contribution in [0.3, 0.4) is 0 Å². The van der Waals surface area contributed by atoms with Crippen molar-refractivity contribution in [2.75, 3.05) is 6.54 Å². The Morgan fingerprint density at radius 2 is 1.78 bits per heavy atom. The van der Waals surface area contributed by atoms with Crippen LogP contribution in [-0.4, -0.2) is 6.54 Å². The molecule has 1 aliphatic rings. The lowest BCUT2D eigenvalue weighted by Gasteiger charge is -2.11. The first-order chi connectivity index (χ1) is 4.02. The third-order valence-corrected chi connectivity index (χ3v) is 3.04. The van der Waals surface area contributed by atoms with Crippen LogP contribution in [0.15, 0.2) is 0 Å². The topological polar surface area (TPSA) is 26.0 Å². The van der Waals surface area contributed by atoms with E-state index in [1.165, 1.54) is 12.8 Å². The maximum absolute atomic E-state index is 5.48. The molecule has 0 bridgehead atoms. The molecule has 0 aromatic heterocycles. The molecule has 9 heavy (non-hydrogen) atoms. The first kappa shape index (κ1) is 7.07. The number of nitrogens with two attached hydrogens (primary N) is 1. The second-order valence-corrected chi connectivity index (χ2v) is 4.16. The summed E-state index contributed by atoms with van der Waals surface area (Å²) < 4.78 is 0. The Labute approximate surface area is 57.6 Å². The van der Waals surface area contributed by atoms with E-state index in [1.807, 2.05) is 0 Å². The van der Waals surface area contributed by atoms with Gasteiger partial charge in [0, 0.05) is 0 Å². The molecule has 0 amide bonds. The summed E-state index contributed by atoms with van der Waals surface area (Å²) in [5.74, 6) is 0. The van der Waals surface area contributed by atoms with Gasteiger partial charge in [-0.3, -0.25) is 0 Å². The van der Waals surface area contributed by atoms with E-state index in [2.05, 4.69) is 20.8 Å². The summed E-state index contributed by atoms with van der Waals surface area (Å²) >= 11 is 0. The molecular formula is C8H17N. The quantitative estimate of drug-likeness (QED) is 0.601. The maximum atomic E-state index is 5.48. The average Bonchev–Trinajstić information content (AvgIpc) is 2.07. The molecule has 1 nitrogen and oxygen atoms in total. The van der Waals surface area contributed by atoms with Gasteiger partial charge in [0.1, 0.15) is 0 Å². The molecule has 1 heteroatoms. The van der Waals surface area contributed by atoms with Crippen molar-refractivity contribution in [3.05, 3.63) is 0 Å². The average molecular weight is 127 g/mol. The molecule has 0 aliphatic heterocycles. The monoisotopic (exact) mass is 127 g/mol. The molecule has 1 aliphatic carbocycles. The molecular weight excluding hydrogens is 110 g/mol. The lowest BCUT2D eigenvalue weighted by atomic mass is 9.95. The van der Waals surface area contributed by atoms with Crippen LogP contribution >= 0.6 is 0 Å². The van der Waals surface area contributed by atoms with E-state index in [4.69, 9.17) is 5.73 Å². The fourth-order valence-corrected chi connectivity index (χ4v) is 1.68. The Kier molecular flexibility index (Phi) is 1.35. The van der Waals surface area contributed by atoms with Gasteiger partial charge in [0.25, 0.3) is 0 Å². The third-order valence-electron chi connectivity index (χ3n) is 3.04. The summed E-state index contributed by atoms with van der Waals surface area (Å²) in [6.45, 7) is 7.82. The maximum Gasteiger partial charge on any atom is -0.00719 e. The van der Waals surface area contributed by atoms with Crippen LogP contribution < -0.4 is 5.73 Å². The van der Waals surface area contributed by atoms with E-state index >= 15 is 0 Å². The van der Waals surface area contributed by atoms with Gasteiger partial charge in [0.05, 0.1) is 0 Å². The summed E-state index contributed by atoms with van der Waals surface area (Å²) in [6.07, 6.45) is 2.55. The van der Waals surface area contributed by atoms with E-state index in [9.17, 15) is 0 Å². The predicted molar refractivity (Wildman–Crippen MR) is 40.2 cm³/mol. The highest BCUT2D eigenvalue weighted by Gasteiger charge is 2.56. The number of hydrogen-bond acceptors (Lipinski definition) is 1. The van der Waals surface area contributed by atoms with Crippen LogP contribution in [0.25, 0.3) is 0 Å². The van der Waals surface area contributed by atoms with Crippen molar-refractivity contribution in [2.24, 2.45) is 16.6 Å². The first-order valence-electron chi connectivity index (χ1n) is 3.72. The highest BCUT2D eigenvalue weighted by Crippen LogP contribution is 2.64. The van der Waals surface area contributed by atoms with Crippen molar-refractivity contribution in [3.8, 4) is 0 Å². The summed E-state index contributed by atoms with van der Waals surface area (Å²) in [6, 6.07) is 0. The van der Waals surface area contributed by atoms with Gasteiger partial charge in [0.2, 0.25) is 0 Å². The van der Waals surface area contributed by atoms with E-state index in [1.54, 1.807) is 0 Å². The van der Waals surface area contributed by atoms with Gasteiger partial charge in [-0.05, 0) is 30.2 Å². The van der Waals surface area contributed by atoms with Gasteiger partial charge in [-0.2, -0.15) is 0 Å². The Hall–Kier alpha value is -0.0400. The second kappa shape index (κ2) is 1.72. The van der Waals surface area contributed by atoms with E-state index in [0.717, 1.165) is 6.54 Å². The third kappa shape index (κ3) is 0.983. The van der Waals surface area contributed by atoms with Crippen molar-refractivity contribution in [1.82, 2.24) is 0 Å². The first-order valence-corrected chi connectivity index (χ1v) is 3.72. The van der Waals surface area contributed by atoms with Gasteiger partial charge in [0.15, 0.2) is 0 Å². The molecule has 1 unspecified atom stereocenters. The fraction of sp³-hybridized carbons (Fsp3) is 1.00. The SMILES string of the molecule is CC1(C)CC1(C)CCN. The molecule has 0 radical (unpaired) electrons. The molecule has 0 saturated heterocycles. The fourth-order valence-electron chi connectivity index (χ4n) is 1.68. The molecule has 0 aromatic carbocycles. The molecule has 1 saturated carbocycles. The van der Waals surface area contributed by atoms with Crippen molar-refractivity contribution >= 4 is 0 Å². The smallest absolute Gasteiger partial charge is 0.00719 e. The molecule has 1 fully saturated rings. The Morgan fingerprint density at radius 3 is 1.89 bits per heavy atom. The van der Waals surface area contributed by atoms with E-state index in [-0.39, 0.29) is 0 Å². The number of rotatable bonds is 2. The molecule has 2 N–H and O–H groups in total. The zero-order valence-corrected chi connectivity index (χ0v) is 6.70. The van der Waals surface area contributed by atoms with E-state index < -0.39 is 0 Å². The molecule has 0 heterocycles. The largest absolute Gasteiger partial charge is 0.330 e. The van der Waals surface area contributed by atoms with Crippen molar-refractivity contribution in [3.63, 3.8) is 0 Å². The van der Waals surface area contributed by atoms with Crippen molar-refractivity contribution in [1.29, 1.82) is 0 Å². The van der Waals surface area contributed by atoms with Crippen LogP contribution in [0.5, 0.6) is 0 Å². The van der Waals surface area contributed by atoms with Crippen LogP contribution in [0, 0.1) is 10.8 Å². The Morgan fingerprint density at radius 1 is 1.33 bits per heavy atom. The second-order valence-electron chi connectivity index (χ2n) is 4.16. The number of hydrogen-bond donors (Lipinski definition) is 1. The van der Waals surface area contributed by atoms with Crippen molar-refractivity contribution < 1.29 is 0 Å². The van der Waals surface area contributed by atoms with Crippen LogP contribution in [0.1, 0.15) is 33.6 Å². The standard InChI is InChI=1S/C8H17N/c1-7(2)6-8(7,3)4-5-9/h4-6,9H2,1-3H3. The normalized spacial score (nSPS) is 38.7. The minimum Gasteiger partial charge on any atom is -0.330 e. The Bertz CT molecular complexity index is 118. The highest BCUT2D eigenvalue weighted by atomic mass is 14.6. The molecule has 1 rings (SSSR count). The summed E-state index contributed by atoms with van der Waals surface area (Å²) in [5, 5.41) is 0. The van der Waals surface area contributed by atoms with Gasteiger partial charge in [-0.25, -0.2) is 0 Å². The lowest BCUT2D eigenvalue weighted by molar-refractivity contribution is 0.396. The van der Waals surface area contributed by atoms with E-state index in [0.29, 0.717) is 10.8 Å². The van der Waals surface area contributed by atoms with Gasteiger partial charge < -0.3 is 5.73 Å². The van der Waals surface area contributed by atoms with Gasteiger partial charge in [-0.1, -0.05) is 20.8 Å². The molecule has 1 atom stereocenters. The van der Waals surface area contributed by atoms with Crippen LogP contribution in [0.2, 0.25) is 0 Å². The minimum absolute atomic E-state index is 0.571. The predicted octanol–water partition coefficient (Wildman–Crippen LogP) is 1.77. The Balaban J connectivity index is 2.42. The molecule has 0 spiro atoms. The molecule has 0 aromatic rings. The van der Waals surface area contributed by atoms with Crippen molar-refractivity contribution in [2.45, 2.75) is 33.6 Å². The summed E-state index contributed by atoms with van der Waals surface area (Å²) in [7, 11) is 0. The highest BCUT2D eigenvalue weighted by molar-refractivity contribution is 5.06. The zero-order valence-electron chi connectivity index (χ0n) is 6.70.